The SMILES string of the molecule is O=C(NC(Cc1ccccc1)C(=O)NCCNC(=O)c1ccco1)OCc1ccccc1. The molecule has 0 saturated heterocycles. The largest absolute Gasteiger partial charge is 0.459 e. The average Bonchev–Trinajstić information content (AvgIpc) is 3.36. The van der Waals surface area contributed by atoms with E-state index in [1.165, 1.54) is 6.26 Å². The number of rotatable bonds is 10. The maximum absolute atomic E-state index is 12.7. The van der Waals surface area contributed by atoms with Crippen LogP contribution in [0.2, 0.25) is 0 Å². The Kier molecular flexibility index (Phi) is 8.44. The maximum atomic E-state index is 12.7. The predicted molar refractivity (Wildman–Crippen MR) is 118 cm³/mol. The first-order valence-corrected chi connectivity index (χ1v) is 10.2. The summed E-state index contributed by atoms with van der Waals surface area (Å²) in [7, 11) is 0. The minimum atomic E-state index is -0.832. The maximum Gasteiger partial charge on any atom is 0.408 e. The van der Waals surface area contributed by atoms with Gasteiger partial charge in [-0.1, -0.05) is 60.7 Å². The highest BCUT2D eigenvalue weighted by Gasteiger charge is 2.22. The lowest BCUT2D eigenvalue weighted by Crippen LogP contribution is -2.49. The summed E-state index contributed by atoms with van der Waals surface area (Å²) in [5.74, 6) is -0.549. The van der Waals surface area contributed by atoms with Crippen LogP contribution >= 0.6 is 0 Å². The number of alkyl carbamates (subject to hydrolysis) is 1. The summed E-state index contributed by atoms with van der Waals surface area (Å²) in [5.41, 5.74) is 1.74. The third kappa shape index (κ3) is 7.32. The van der Waals surface area contributed by atoms with E-state index in [9.17, 15) is 14.4 Å². The molecule has 1 aromatic heterocycles. The van der Waals surface area contributed by atoms with Gasteiger partial charge in [-0.3, -0.25) is 9.59 Å². The second-order valence-electron chi connectivity index (χ2n) is 6.97. The summed E-state index contributed by atoms with van der Waals surface area (Å²) in [6.07, 6.45) is 1.02. The first-order chi connectivity index (χ1) is 15.6. The number of amides is 3. The van der Waals surface area contributed by atoms with Gasteiger partial charge in [0.1, 0.15) is 12.6 Å². The summed E-state index contributed by atoms with van der Waals surface area (Å²) in [4.78, 5) is 36.9. The van der Waals surface area contributed by atoms with Gasteiger partial charge in [-0.25, -0.2) is 4.79 Å². The van der Waals surface area contributed by atoms with Crippen LogP contribution in [-0.2, 0) is 22.6 Å². The Hall–Kier alpha value is -4.07. The van der Waals surface area contributed by atoms with Crippen LogP contribution in [0.4, 0.5) is 4.79 Å². The lowest BCUT2D eigenvalue weighted by molar-refractivity contribution is -0.123. The molecule has 8 nitrogen and oxygen atoms in total. The van der Waals surface area contributed by atoms with Crippen molar-refractivity contribution in [3.63, 3.8) is 0 Å². The van der Waals surface area contributed by atoms with Crippen LogP contribution in [0.15, 0.2) is 83.5 Å². The Morgan fingerprint density at radius 1 is 0.812 bits per heavy atom. The van der Waals surface area contributed by atoms with Crippen LogP contribution in [0.5, 0.6) is 0 Å². The molecule has 3 amide bonds. The fraction of sp³-hybridized carbons (Fsp3) is 0.208. The Morgan fingerprint density at radius 2 is 1.47 bits per heavy atom. The molecule has 1 atom stereocenters. The Bertz CT molecular complexity index is 991. The highest BCUT2D eigenvalue weighted by Crippen LogP contribution is 2.05. The monoisotopic (exact) mass is 435 g/mol. The molecular formula is C24H25N3O5. The van der Waals surface area contributed by atoms with E-state index in [1.54, 1.807) is 12.1 Å². The zero-order valence-electron chi connectivity index (χ0n) is 17.5. The first kappa shape index (κ1) is 22.6. The smallest absolute Gasteiger partial charge is 0.408 e. The van der Waals surface area contributed by atoms with Gasteiger partial charge in [-0.05, 0) is 23.3 Å². The Labute approximate surface area is 186 Å². The lowest BCUT2D eigenvalue weighted by atomic mass is 10.1. The highest BCUT2D eigenvalue weighted by atomic mass is 16.5. The van der Waals surface area contributed by atoms with Crippen molar-refractivity contribution in [3.05, 3.63) is 95.9 Å². The zero-order chi connectivity index (χ0) is 22.6. The quantitative estimate of drug-likeness (QED) is 0.424. The zero-order valence-corrected chi connectivity index (χ0v) is 17.5. The molecule has 0 aliphatic carbocycles. The van der Waals surface area contributed by atoms with Crippen LogP contribution < -0.4 is 16.0 Å². The molecule has 32 heavy (non-hydrogen) atoms. The van der Waals surface area contributed by atoms with Crippen LogP contribution in [0.3, 0.4) is 0 Å². The van der Waals surface area contributed by atoms with Crippen molar-refractivity contribution in [2.45, 2.75) is 19.1 Å². The second kappa shape index (κ2) is 11.9. The number of furan rings is 1. The van der Waals surface area contributed by atoms with Crippen molar-refractivity contribution >= 4 is 17.9 Å². The first-order valence-electron chi connectivity index (χ1n) is 10.2. The van der Waals surface area contributed by atoms with Gasteiger partial charge < -0.3 is 25.1 Å². The van der Waals surface area contributed by atoms with Gasteiger partial charge >= 0.3 is 6.09 Å². The van der Waals surface area contributed by atoms with Gasteiger partial charge in [0.2, 0.25) is 5.91 Å². The second-order valence-corrected chi connectivity index (χ2v) is 6.97. The molecule has 0 aliphatic heterocycles. The number of benzene rings is 2. The summed E-state index contributed by atoms with van der Waals surface area (Å²) in [5, 5.41) is 8.01. The highest BCUT2D eigenvalue weighted by molar-refractivity contribution is 5.91. The molecule has 0 fully saturated rings. The molecule has 166 valence electrons. The minimum absolute atomic E-state index is 0.102. The van der Waals surface area contributed by atoms with E-state index in [-0.39, 0.29) is 37.3 Å². The van der Waals surface area contributed by atoms with Crippen molar-refractivity contribution in [3.8, 4) is 0 Å². The summed E-state index contributed by atoms with van der Waals surface area (Å²) in [6.45, 7) is 0.504. The van der Waals surface area contributed by atoms with Crippen molar-refractivity contribution in [1.82, 2.24) is 16.0 Å². The molecule has 3 aromatic rings. The van der Waals surface area contributed by atoms with E-state index in [0.29, 0.717) is 6.42 Å². The number of carbonyl (C=O) groups is 3. The molecule has 0 saturated carbocycles. The lowest BCUT2D eigenvalue weighted by Gasteiger charge is -2.18. The van der Waals surface area contributed by atoms with Gasteiger partial charge in [-0.2, -0.15) is 0 Å². The third-order valence-electron chi connectivity index (χ3n) is 4.56. The van der Waals surface area contributed by atoms with Gasteiger partial charge in [0.05, 0.1) is 6.26 Å². The Balaban J connectivity index is 1.50. The molecule has 8 heteroatoms. The van der Waals surface area contributed by atoms with Crippen LogP contribution in [0.25, 0.3) is 0 Å². The van der Waals surface area contributed by atoms with Gasteiger partial charge in [0, 0.05) is 19.5 Å². The number of ether oxygens (including phenoxy) is 1. The number of carbonyl (C=O) groups excluding carboxylic acids is 3. The van der Waals surface area contributed by atoms with E-state index < -0.39 is 12.1 Å². The molecule has 2 aromatic carbocycles. The van der Waals surface area contributed by atoms with E-state index in [0.717, 1.165) is 11.1 Å². The number of nitrogens with one attached hydrogen (secondary N) is 3. The van der Waals surface area contributed by atoms with Crippen molar-refractivity contribution < 1.29 is 23.5 Å². The fourth-order valence-corrected chi connectivity index (χ4v) is 2.95. The molecule has 3 N–H and O–H groups in total. The number of hydrogen-bond acceptors (Lipinski definition) is 5. The van der Waals surface area contributed by atoms with Gasteiger partial charge in [0.25, 0.3) is 5.91 Å². The fourth-order valence-electron chi connectivity index (χ4n) is 2.95. The third-order valence-corrected chi connectivity index (χ3v) is 4.56. The summed E-state index contributed by atoms with van der Waals surface area (Å²) < 4.78 is 10.3. The Morgan fingerprint density at radius 3 is 2.12 bits per heavy atom. The normalized spacial score (nSPS) is 11.2. The van der Waals surface area contributed by atoms with Gasteiger partial charge in [0.15, 0.2) is 5.76 Å². The molecule has 0 spiro atoms. The van der Waals surface area contributed by atoms with Crippen molar-refractivity contribution in [2.75, 3.05) is 13.1 Å². The van der Waals surface area contributed by atoms with Crippen LogP contribution in [0.1, 0.15) is 21.7 Å². The van der Waals surface area contributed by atoms with Crippen molar-refractivity contribution in [2.24, 2.45) is 0 Å². The van der Waals surface area contributed by atoms with Gasteiger partial charge in [-0.15, -0.1) is 0 Å². The molecule has 1 unspecified atom stereocenters. The number of hydrogen-bond donors (Lipinski definition) is 3. The minimum Gasteiger partial charge on any atom is -0.459 e. The van der Waals surface area contributed by atoms with Crippen molar-refractivity contribution in [1.29, 1.82) is 0 Å². The van der Waals surface area contributed by atoms with Crippen LogP contribution in [-0.4, -0.2) is 37.0 Å². The van der Waals surface area contributed by atoms with E-state index in [1.807, 2.05) is 60.7 Å². The molecule has 3 rings (SSSR count). The average molecular weight is 435 g/mol. The predicted octanol–water partition coefficient (Wildman–Crippen LogP) is 2.66. The molecular weight excluding hydrogens is 410 g/mol. The molecule has 1 heterocycles. The van der Waals surface area contributed by atoms with E-state index >= 15 is 0 Å². The summed E-state index contributed by atoms with van der Waals surface area (Å²) in [6, 6.07) is 21.0. The van der Waals surface area contributed by atoms with E-state index in [2.05, 4.69) is 16.0 Å². The molecule has 0 radical (unpaired) electrons. The standard InChI is InChI=1S/C24H25N3O5/c28-22(25-13-14-26-23(29)21-12-7-15-31-21)20(16-18-8-3-1-4-9-18)27-24(30)32-17-19-10-5-2-6-11-19/h1-12,15,20H,13-14,16-17H2,(H,25,28)(H,26,29)(H,27,30). The summed E-state index contributed by atoms with van der Waals surface area (Å²) >= 11 is 0. The van der Waals surface area contributed by atoms with Crippen LogP contribution in [0, 0.1) is 0 Å². The molecule has 0 bridgehead atoms. The topological polar surface area (TPSA) is 110 Å². The molecule has 0 aliphatic rings. The van der Waals surface area contributed by atoms with E-state index in [4.69, 9.17) is 9.15 Å².